The molecule has 2 aromatic carbocycles. The number of carbonyl (C=O) groups is 2. The van der Waals surface area contributed by atoms with E-state index in [1.807, 2.05) is 32.0 Å². The van der Waals surface area contributed by atoms with Gasteiger partial charge in [0.1, 0.15) is 11.0 Å². The molecule has 2 aromatic rings. The Labute approximate surface area is 208 Å². The average molecular weight is 497 g/mol. The number of hydrogen-bond acceptors (Lipinski definition) is 8. The monoisotopic (exact) mass is 496 g/mol. The minimum atomic E-state index is -0.633. The van der Waals surface area contributed by atoms with E-state index >= 15 is 0 Å². The lowest BCUT2D eigenvalue weighted by Crippen LogP contribution is -2.31. The summed E-state index contributed by atoms with van der Waals surface area (Å²) in [5.74, 6) is 1.62. The molecule has 0 bridgehead atoms. The van der Waals surface area contributed by atoms with Crippen molar-refractivity contribution in [2.24, 2.45) is 15.9 Å². The third kappa shape index (κ3) is 6.13. The van der Waals surface area contributed by atoms with Gasteiger partial charge in [-0.05, 0) is 68.1 Å². The second-order valence-electron chi connectivity index (χ2n) is 8.18. The Bertz CT molecular complexity index is 1150. The molecule has 9 nitrogen and oxygen atoms in total. The molecule has 10 heteroatoms. The SMILES string of the molecule is CCCOc1ccc(N2C(=O)CC(SC(N)=NN=C(C)CCc3ccc4c(c3)OCO4)C2=O)cc1. The number of hydrogen-bond donors (Lipinski definition) is 1. The summed E-state index contributed by atoms with van der Waals surface area (Å²) in [5.41, 5.74) is 8.42. The predicted octanol–water partition coefficient (Wildman–Crippen LogP) is 3.89. The zero-order valence-electron chi connectivity index (χ0n) is 19.7. The molecule has 2 aliphatic heterocycles. The Morgan fingerprint density at radius 3 is 2.69 bits per heavy atom. The standard InChI is InChI=1S/C25H28N4O5S/c1-3-12-32-19-9-7-18(8-10-19)29-23(30)14-22(24(29)31)35-25(26)28-27-16(2)4-5-17-6-11-20-21(13-17)34-15-33-20/h6-11,13,22H,3-5,12,14-15H2,1-2H3,(H2,26,28). The number of aryl methyl sites for hydroxylation is 1. The summed E-state index contributed by atoms with van der Waals surface area (Å²) in [6.45, 7) is 4.75. The Balaban J connectivity index is 1.31. The molecule has 0 spiro atoms. The van der Waals surface area contributed by atoms with E-state index in [0.29, 0.717) is 24.5 Å². The fourth-order valence-corrected chi connectivity index (χ4v) is 4.47. The lowest BCUT2D eigenvalue weighted by atomic mass is 10.1. The van der Waals surface area contributed by atoms with Crippen LogP contribution in [0.5, 0.6) is 17.2 Å². The highest BCUT2D eigenvalue weighted by Gasteiger charge is 2.40. The first-order valence-electron chi connectivity index (χ1n) is 11.5. The fraction of sp³-hybridized carbons (Fsp3) is 0.360. The van der Waals surface area contributed by atoms with Crippen molar-refractivity contribution < 1.29 is 23.8 Å². The Morgan fingerprint density at radius 1 is 1.14 bits per heavy atom. The second kappa shape index (κ2) is 11.3. The Hall–Kier alpha value is -3.53. The van der Waals surface area contributed by atoms with E-state index in [0.717, 1.165) is 47.4 Å². The smallest absolute Gasteiger partial charge is 0.247 e. The molecule has 35 heavy (non-hydrogen) atoms. The molecule has 184 valence electrons. The zero-order valence-corrected chi connectivity index (χ0v) is 20.5. The molecule has 1 fully saturated rings. The van der Waals surface area contributed by atoms with Gasteiger partial charge in [-0.1, -0.05) is 24.8 Å². The summed E-state index contributed by atoms with van der Waals surface area (Å²) in [5, 5.41) is 7.75. The van der Waals surface area contributed by atoms with E-state index in [1.54, 1.807) is 24.3 Å². The number of anilines is 1. The minimum absolute atomic E-state index is 0.0562. The van der Waals surface area contributed by atoms with Crippen LogP contribution in [0, 0.1) is 0 Å². The van der Waals surface area contributed by atoms with E-state index in [1.165, 1.54) is 4.90 Å². The lowest BCUT2D eigenvalue weighted by Gasteiger charge is -2.15. The molecule has 2 aliphatic rings. The van der Waals surface area contributed by atoms with Crippen LogP contribution in [0.4, 0.5) is 5.69 Å². The van der Waals surface area contributed by atoms with Crippen LogP contribution in [-0.2, 0) is 16.0 Å². The lowest BCUT2D eigenvalue weighted by molar-refractivity contribution is -0.121. The maximum absolute atomic E-state index is 12.9. The average Bonchev–Trinajstić information content (AvgIpc) is 3.43. The van der Waals surface area contributed by atoms with Gasteiger partial charge in [-0.3, -0.25) is 9.59 Å². The van der Waals surface area contributed by atoms with Gasteiger partial charge in [-0.15, -0.1) is 5.10 Å². The van der Waals surface area contributed by atoms with Gasteiger partial charge in [-0.25, -0.2) is 4.90 Å². The molecule has 2 N–H and O–H groups in total. The fourth-order valence-electron chi connectivity index (χ4n) is 3.65. The number of benzene rings is 2. The van der Waals surface area contributed by atoms with Gasteiger partial charge in [0.2, 0.25) is 18.6 Å². The molecule has 0 radical (unpaired) electrons. The number of rotatable bonds is 9. The number of carbonyl (C=O) groups excluding carboxylic acids is 2. The number of imide groups is 1. The van der Waals surface area contributed by atoms with Gasteiger partial charge in [-0.2, -0.15) is 5.10 Å². The van der Waals surface area contributed by atoms with E-state index in [9.17, 15) is 9.59 Å². The van der Waals surface area contributed by atoms with Gasteiger partial charge < -0.3 is 19.9 Å². The first kappa shape index (κ1) is 24.6. The Kier molecular flexibility index (Phi) is 7.91. The normalized spacial score (nSPS) is 17.9. The largest absolute Gasteiger partial charge is 0.494 e. The van der Waals surface area contributed by atoms with Gasteiger partial charge in [0, 0.05) is 12.1 Å². The highest BCUT2D eigenvalue weighted by molar-refractivity contribution is 8.14. The molecule has 2 heterocycles. The van der Waals surface area contributed by atoms with E-state index in [4.69, 9.17) is 19.9 Å². The van der Waals surface area contributed by atoms with Crippen molar-refractivity contribution in [1.82, 2.24) is 0 Å². The molecule has 4 rings (SSSR count). The van der Waals surface area contributed by atoms with Gasteiger partial charge in [0.05, 0.1) is 12.3 Å². The molecule has 2 amide bonds. The predicted molar refractivity (Wildman–Crippen MR) is 136 cm³/mol. The first-order valence-corrected chi connectivity index (χ1v) is 12.3. The van der Waals surface area contributed by atoms with Gasteiger partial charge in [0.25, 0.3) is 0 Å². The minimum Gasteiger partial charge on any atom is -0.494 e. The Morgan fingerprint density at radius 2 is 1.91 bits per heavy atom. The number of fused-ring (bicyclic) bond motifs is 1. The van der Waals surface area contributed by atoms with Crippen LogP contribution in [0.25, 0.3) is 0 Å². The summed E-state index contributed by atoms with van der Waals surface area (Å²) in [4.78, 5) is 26.6. The molecule has 1 saturated heterocycles. The number of nitrogens with zero attached hydrogens (tertiary/aromatic N) is 3. The molecule has 1 atom stereocenters. The maximum atomic E-state index is 12.9. The summed E-state index contributed by atoms with van der Waals surface area (Å²) < 4.78 is 16.3. The quantitative estimate of drug-likeness (QED) is 0.242. The van der Waals surface area contributed by atoms with E-state index in [2.05, 4.69) is 10.2 Å². The first-order chi connectivity index (χ1) is 16.9. The second-order valence-corrected chi connectivity index (χ2v) is 9.40. The number of amidine groups is 1. The van der Waals surface area contributed by atoms with E-state index in [-0.39, 0.29) is 30.2 Å². The van der Waals surface area contributed by atoms with Crippen LogP contribution in [0.1, 0.15) is 38.7 Å². The molecular weight excluding hydrogens is 468 g/mol. The number of thioether (sulfide) groups is 1. The van der Waals surface area contributed by atoms with Gasteiger partial charge >= 0.3 is 0 Å². The summed E-state index contributed by atoms with van der Waals surface area (Å²) in [6.07, 6.45) is 2.41. The van der Waals surface area contributed by atoms with Crippen LogP contribution in [-0.4, -0.2) is 41.3 Å². The van der Waals surface area contributed by atoms with Crippen LogP contribution in [0.3, 0.4) is 0 Å². The molecule has 0 aliphatic carbocycles. The van der Waals surface area contributed by atoms with Crippen molar-refractivity contribution >= 4 is 40.1 Å². The van der Waals surface area contributed by atoms with Crippen molar-refractivity contribution in [2.75, 3.05) is 18.3 Å². The molecule has 1 unspecified atom stereocenters. The maximum Gasteiger partial charge on any atom is 0.247 e. The summed E-state index contributed by atoms with van der Waals surface area (Å²) in [6, 6.07) is 12.8. The molecular formula is C25H28N4O5S. The summed E-state index contributed by atoms with van der Waals surface area (Å²) >= 11 is 1.06. The third-order valence-corrected chi connectivity index (χ3v) is 6.44. The van der Waals surface area contributed by atoms with Crippen molar-refractivity contribution in [1.29, 1.82) is 0 Å². The number of nitrogens with two attached hydrogens (primary N) is 1. The van der Waals surface area contributed by atoms with Gasteiger partial charge in [0.15, 0.2) is 16.7 Å². The third-order valence-electron chi connectivity index (χ3n) is 5.47. The van der Waals surface area contributed by atoms with Crippen molar-refractivity contribution in [2.45, 2.75) is 44.8 Å². The highest BCUT2D eigenvalue weighted by atomic mass is 32.2. The van der Waals surface area contributed by atoms with E-state index < -0.39 is 5.25 Å². The topological polar surface area (TPSA) is 116 Å². The van der Waals surface area contributed by atoms with Crippen molar-refractivity contribution in [3.63, 3.8) is 0 Å². The zero-order chi connectivity index (χ0) is 24.8. The van der Waals surface area contributed by atoms with Crippen molar-refractivity contribution in [3.05, 3.63) is 48.0 Å². The molecule has 0 aromatic heterocycles. The van der Waals surface area contributed by atoms with Crippen LogP contribution < -0.4 is 24.8 Å². The van der Waals surface area contributed by atoms with Crippen LogP contribution in [0.2, 0.25) is 0 Å². The number of amides is 2. The molecule has 0 saturated carbocycles. The van der Waals surface area contributed by atoms with Crippen molar-refractivity contribution in [3.8, 4) is 17.2 Å². The van der Waals surface area contributed by atoms with Crippen LogP contribution in [0.15, 0.2) is 52.7 Å². The highest BCUT2D eigenvalue weighted by Crippen LogP contribution is 2.33. The summed E-state index contributed by atoms with van der Waals surface area (Å²) in [7, 11) is 0. The number of ether oxygens (including phenoxy) is 3. The van der Waals surface area contributed by atoms with Crippen LogP contribution >= 0.6 is 11.8 Å².